The molecule has 0 saturated carbocycles. The quantitative estimate of drug-likeness (QED) is 0.793. The molecule has 0 aliphatic carbocycles. The molecule has 0 spiro atoms. The maximum Gasteiger partial charge on any atom is 0.0252 e. The van der Waals surface area contributed by atoms with Crippen LogP contribution in [0.1, 0.15) is 41.0 Å². The van der Waals surface area contributed by atoms with Gasteiger partial charge >= 0.3 is 0 Å². The molecule has 3 nitrogen and oxygen atoms in total. The van der Waals surface area contributed by atoms with E-state index in [2.05, 4.69) is 44.4 Å². The third kappa shape index (κ3) is 4.04. The molecule has 0 aromatic heterocycles. The second kappa shape index (κ2) is 5.03. The Morgan fingerprint density at radius 3 is 1.88 bits per heavy atom. The highest BCUT2D eigenvalue weighted by Gasteiger charge is 2.28. The van der Waals surface area contributed by atoms with Gasteiger partial charge in [0, 0.05) is 43.8 Å². The summed E-state index contributed by atoms with van der Waals surface area (Å²) in [5, 5.41) is 0. The standard InChI is InChI=1S/C13H29N3/c1-6-13(5,14)11-15-7-9-16(10-8-15)12(2,3)4/h6-11,14H2,1-5H3. The van der Waals surface area contributed by atoms with E-state index in [0.29, 0.717) is 5.54 Å². The molecule has 1 heterocycles. The third-order valence-corrected chi connectivity index (χ3v) is 3.71. The second-order valence-electron chi connectivity index (χ2n) is 6.44. The molecular formula is C13H29N3. The van der Waals surface area contributed by atoms with Crippen LogP contribution in [0.3, 0.4) is 0 Å². The second-order valence-corrected chi connectivity index (χ2v) is 6.44. The van der Waals surface area contributed by atoms with Crippen molar-refractivity contribution in [1.29, 1.82) is 0 Å². The maximum absolute atomic E-state index is 6.21. The lowest BCUT2D eigenvalue weighted by atomic mass is 9.99. The van der Waals surface area contributed by atoms with Crippen molar-refractivity contribution >= 4 is 0 Å². The van der Waals surface area contributed by atoms with E-state index in [1.54, 1.807) is 0 Å². The third-order valence-electron chi connectivity index (χ3n) is 3.71. The minimum Gasteiger partial charge on any atom is -0.324 e. The van der Waals surface area contributed by atoms with E-state index in [9.17, 15) is 0 Å². The van der Waals surface area contributed by atoms with Crippen LogP contribution in [0, 0.1) is 0 Å². The Labute approximate surface area is 101 Å². The molecule has 1 aliphatic heterocycles. The zero-order chi connectivity index (χ0) is 12.4. The summed E-state index contributed by atoms with van der Waals surface area (Å²) in [6.07, 6.45) is 1.05. The topological polar surface area (TPSA) is 32.5 Å². The molecule has 96 valence electrons. The van der Waals surface area contributed by atoms with Crippen molar-refractivity contribution in [3.05, 3.63) is 0 Å². The van der Waals surface area contributed by atoms with Crippen LogP contribution in [-0.4, -0.2) is 53.6 Å². The Balaban J connectivity index is 2.38. The average Bonchev–Trinajstić information content (AvgIpc) is 2.16. The fourth-order valence-electron chi connectivity index (χ4n) is 2.20. The van der Waals surface area contributed by atoms with Crippen molar-refractivity contribution in [2.24, 2.45) is 5.73 Å². The molecule has 0 aromatic carbocycles. The normalized spacial score (nSPS) is 24.4. The summed E-state index contributed by atoms with van der Waals surface area (Å²) in [4.78, 5) is 5.06. The van der Waals surface area contributed by atoms with Gasteiger partial charge in [-0.25, -0.2) is 0 Å². The molecule has 1 unspecified atom stereocenters. The fourth-order valence-corrected chi connectivity index (χ4v) is 2.20. The first kappa shape index (κ1) is 13.9. The number of piperazine rings is 1. The highest BCUT2D eigenvalue weighted by molar-refractivity contribution is 4.86. The van der Waals surface area contributed by atoms with Crippen LogP contribution in [0.4, 0.5) is 0 Å². The summed E-state index contributed by atoms with van der Waals surface area (Å²) < 4.78 is 0. The predicted octanol–water partition coefficient (Wildman–Crippen LogP) is 1.53. The summed E-state index contributed by atoms with van der Waals surface area (Å²) in [7, 11) is 0. The summed E-state index contributed by atoms with van der Waals surface area (Å²) in [5.41, 5.74) is 6.50. The van der Waals surface area contributed by atoms with Crippen LogP contribution in [0.5, 0.6) is 0 Å². The summed E-state index contributed by atoms with van der Waals surface area (Å²) in [5.74, 6) is 0. The van der Waals surface area contributed by atoms with Crippen molar-refractivity contribution in [1.82, 2.24) is 9.80 Å². The monoisotopic (exact) mass is 227 g/mol. The van der Waals surface area contributed by atoms with Crippen LogP contribution < -0.4 is 5.73 Å². The van der Waals surface area contributed by atoms with Crippen molar-refractivity contribution in [3.8, 4) is 0 Å². The van der Waals surface area contributed by atoms with Crippen LogP contribution in [0.2, 0.25) is 0 Å². The lowest BCUT2D eigenvalue weighted by Crippen LogP contribution is -2.57. The zero-order valence-corrected chi connectivity index (χ0v) is 11.7. The Bertz CT molecular complexity index is 210. The first-order valence-corrected chi connectivity index (χ1v) is 6.51. The molecular weight excluding hydrogens is 198 g/mol. The lowest BCUT2D eigenvalue weighted by molar-refractivity contribution is 0.0531. The van der Waals surface area contributed by atoms with E-state index >= 15 is 0 Å². The molecule has 0 amide bonds. The predicted molar refractivity (Wildman–Crippen MR) is 70.6 cm³/mol. The van der Waals surface area contributed by atoms with Crippen molar-refractivity contribution < 1.29 is 0 Å². The van der Waals surface area contributed by atoms with Crippen LogP contribution in [0.25, 0.3) is 0 Å². The Hall–Kier alpha value is -0.120. The molecule has 1 fully saturated rings. The van der Waals surface area contributed by atoms with Gasteiger partial charge in [-0.3, -0.25) is 9.80 Å². The van der Waals surface area contributed by atoms with Gasteiger partial charge in [0.25, 0.3) is 0 Å². The van der Waals surface area contributed by atoms with Crippen LogP contribution in [-0.2, 0) is 0 Å². The molecule has 0 bridgehead atoms. The van der Waals surface area contributed by atoms with Gasteiger partial charge in [0.05, 0.1) is 0 Å². The number of hydrogen-bond acceptors (Lipinski definition) is 3. The highest BCUT2D eigenvalue weighted by atomic mass is 15.3. The largest absolute Gasteiger partial charge is 0.324 e. The van der Waals surface area contributed by atoms with E-state index in [1.165, 1.54) is 13.1 Å². The van der Waals surface area contributed by atoms with Gasteiger partial charge < -0.3 is 5.73 Å². The maximum atomic E-state index is 6.21. The van der Waals surface area contributed by atoms with Crippen LogP contribution in [0.15, 0.2) is 0 Å². The highest BCUT2D eigenvalue weighted by Crippen LogP contribution is 2.17. The molecule has 1 aliphatic rings. The van der Waals surface area contributed by atoms with Gasteiger partial charge in [0.2, 0.25) is 0 Å². The van der Waals surface area contributed by atoms with Crippen LogP contribution >= 0.6 is 0 Å². The molecule has 16 heavy (non-hydrogen) atoms. The number of rotatable bonds is 3. The Morgan fingerprint density at radius 1 is 1.00 bits per heavy atom. The summed E-state index contributed by atoms with van der Waals surface area (Å²) in [6, 6.07) is 0. The van der Waals surface area contributed by atoms with Gasteiger partial charge in [-0.1, -0.05) is 6.92 Å². The van der Waals surface area contributed by atoms with E-state index in [-0.39, 0.29) is 5.54 Å². The smallest absolute Gasteiger partial charge is 0.0252 e. The Kier molecular flexibility index (Phi) is 4.38. The molecule has 3 heteroatoms. The summed E-state index contributed by atoms with van der Waals surface area (Å²) >= 11 is 0. The fraction of sp³-hybridized carbons (Fsp3) is 1.00. The van der Waals surface area contributed by atoms with E-state index < -0.39 is 0 Å². The van der Waals surface area contributed by atoms with E-state index in [0.717, 1.165) is 26.1 Å². The minimum atomic E-state index is -0.0239. The average molecular weight is 227 g/mol. The van der Waals surface area contributed by atoms with E-state index in [4.69, 9.17) is 5.73 Å². The molecule has 1 atom stereocenters. The first-order chi connectivity index (χ1) is 7.24. The van der Waals surface area contributed by atoms with Crippen molar-refractivity contribution in [2.75, 3.05) is 32.7 Å². The molecule has 2 N–H and O–H groups in total. The number of nitrogens with two attached hydrogens (primary N) is 1. The van der Waals surface area contributed by atoms with Crippen molar-refractivity contribution in [3.63, 3.8) is 0 Å². The lowest BCUT2D eigenvalue weighted by Gasteiger charge is -2.44. The van der Waals surface area contributed by atoms with Gasteiger partial charge in [0.15, 0.2) is 0 Å². The molecule has 0 aromatic rings. The van der Waals surface area contributed by atoms with Gasteiger partial charge in [0.1, 0.15) is 0 Å². The Morgan fingerprint density at radius 2 is 1.50 bits per heavy atom. The summed E-state index contributed by atoms with van der Waals surface area (Å²) in [6.45, 7) is 16.9. The first-order valence-electron chi connectivity index (χ1n) is 6.51. The van der Waals surface area contributed by atoms with E-state index in [1.807, 2.05) is 0 Å². The minimum absolute atomic E-state index is 0.0239. The zero-order valence-electron chi connectivity index (χ0n) is 11.7. The molecule has 1 rings (SSSR count). The molecule has 0 radical (unpaired) electrons. The van der Waals surface area contributed by atoms with Gasteiger partial charge in [-0.05, 0) is 34.1 Å². The van der Waals surface area contributed by atoms with Crippen molar-refractivity contribution in [2.45, 2.75) is 52.1 Å². The molecule has 1 saturated heterocycles. The number of nitrogens with zero attached hydrogens (tertiary/aromatic N) is 2. The number of hydrogen-bond donors (Lipinski definition) is 1. The SMILES string of the molecule is CCC(C)(N)CN1CCN(C(C)(C)C)CC1. The van der Waals surface area contributed by atoms with Gasteiger partial charge in [-0.15, -0.1) is 0 Å². The van der Waals surface area contributed by atoms with Gasteiger partial charge in [-0.2, -0.15) is 0 Å².